The summed E-state index contributed by atoms with van der Waals surface area (Å²) in [5.74, 6) is 1.48. The molecule has 5 heteroatoms. The van der Waals surface area contributed by atoms with Crippen molar-refractivity contribution < 1.29 is 0 Å². The SMILES string of the molecule is CN=C(NCc1cccs1)NC1CC1c1ccc(Br)cc1. The fourth-order valence-corrected chi connectivity index (χ4v) is 3.30. The van der Waals surface area contributed by atoms with E-state index >= 15 is 0 Å². The Morgan fingerprint density at radius 3 is 2.81 bits per heavy atom. The van der Waals surface area contributed by atoms with E-state index in [4.69, 9.17) is 0 Å². The van der Waals surface area contributed by atoms with Gasteiger partial charge in [0, 0.05) is 28.4 Å². The Balaban J connectivity index is 1.51. The quantitative estimate of drug-likeness (QED) is 0.641. The highest BCUT2D eigenvalue weighted by Crippen LogP contribution is 2.40. The van der Waals surface area contributed by atoms with Gasteiger partial charge in [0.15, 0.2) is 5.96 Å². The van der Waals surface area contributed by atoms with Crippen LogP contribution in [0.4, 0.5) is 0 Å². The molecular weight excluding hydrogens is 346 g/mol. The van der Waals surface area contributed by atoms with Crippen LogP contribution in [0.15, 0.2) is 51.2 Å². The summed E-state index contributed by atoms with van der Waals surface area (Å²) in [7, 11) is 1.82. The Morgan fingerprint density at radius 1 is 1.33 bits per heavy atom. The summed E-state index contributed by atoms with van der Waals surface area (Å²) >= 11 is 5.24. The summed E-state index contributed by atoms with van der Waals surface area (Å²) in [5.41, 5.74) is 1.39. The van der Waals surface area contributed by atoms with Crippen molar-refractivity contribution in [1.29, 1.82) is 0 Å². The van der Waals surface area contributed by atoms with Gasteiger partial charge in [-0.05, 0) is 35.6 Å². The lowest BCUT2D eigenvalue weighted by Gasteiger charge is -2.11. The molecule has 2 N–H and O–H groups in total. The molecule has 110 valence electrons. The van der Waals surface area contributed by atoms with E-state index in [0.29, 0.717) is 12.0 Å². The average molecular weight is 364 g/mol. The summed E-state index contributed by atoms with van der Waals surface area (Å²) in [6, 6.07) is 13.3. The standard InChI is InChI=1S/C16H18BrN3S/c1-18-16(19-10-13-3-2-8-21-13)20-15-9-14(15)11-4-6-12(17)7-5-11/h2-8,14-15H,9-10H2,1H3,(H2,18,19,20). The normalized spacial score (nSPS) is 21.1. The van der Waals surface area contributed by atoms with Crippen molar-refractivity contribution >= 4 is 33.2 Å². The molecule has 3 rings (SSSR count). The van der Waals surface area contributed by atoms with Crippen LogP contribution < -0.4 is 10.6 Å². The number of hydrogen-bond donors (Lipinski definition) is 2. The Kier molecular flexibility index (Phi) is 4.60. The minimum atomic E-state index is 0.487. The van der Waals surface area contributed by atoms with Crippen LogP contribution in [0.5, 0.6) is 0 Å². The van der Waals surface area contributed by atoms with Gasteiger partial charge in [-0.25, -0.2) is 0 Å². The molecule has 21 heavy (non-hydrogen) atoms. The number of nitrogens with zero attached hydrogens (tertiary/aromatic N) is 1. The molecule has 0 saturated heterocycles. The molecule has 0 amide bonds. The lowest BCUT2D eigenvalue weighted by atomic mass is 10.1. The minimum Gasteiger partial charge on any atom is -0.353 e. The number of rotatable bonds is 4. The summed E-state index contributed by atoms with van der Waals surface area (Å²) < 4.78 is 1.13. The van der Waals surface area contributed by atoms with E-state index in [1.807, 2.05) is 7.05 Å². The van der Waals surface area contributed by atoms with E-state index in [-0.39, 0.29) is 0 Å². The van der Waals surface area contributed by atoms with Crippen molar-refractivity contribution in [1.82, 2.24) is 10.6 Å². The van der Waals surface area contributed by atoms with Crippen molar-refractivity contribution in [3.8, 4) is 0 Å². The Bertz CT molecular complexity index is 607. The van der Waals surface area contributed by atoms with Crippen molar-refractivity contribution in [3.63, 3.8) is 0 Å². The first kappa shape index (κ1) is 14.6. The number of nitrogens with one attached hydrogen (secondary N) is 2. The van der Waals surface area contributed by atoms with Crippen LogP contribution in [0.3, 0.4) is 0 Å². The fourth-order valence-electron chi connectivity index (χ4n) is 2.39. The number of guanidine groups is 1. The van der Waals surface area contributed by atoms with E-state index in [2.05, 4.69) is 73.3 Å². The zero-order chi connectivity index (χ0) is 14.7. The number of benzene rings is 1. The van der Waals surface area contributed by atoms with Gasteiger partial charge in [-0.2, -0.15) is 0 Å². The summed E-state index contributed by atoms with van der Waals surface area (Å²) in [6.07, 6.45) is 1.17. The Morgan fingerprint density at radius 2 is 2.14 bits per heavy atom. The molecule has 0 bridgehead atoms. The third-order valence-electron chi connectivity index (χ3n) is 3.64. The van der Waals surface area contributed by atoms with Crippen LogP contribution in [0.1, 0.15) is 22.8 Å². The smallest absolute Gasteiger partial charge is 0.191 e. The fraction of sp³-hybridized carbons (Fsp3) is 0.312. The van der Waals surface area contributed by atoms with E-state index in [0.717, 1.165) is 17.0 Å². The van der Waals surface area contributed by atoms with Crippen LogP contribution in [0.25, 0.3) is 0 Å². The Labute approximate surface area is 137 Å². The third-order valence-corrected chi connectivity index (χ3v) is 5.05. The number of hydrogen-bond acceptors (Lipinski definition) is 2. The zero-order valence-electron chi connectivity index (χ0n) is 11.8. The van der Waals surface area contributed by atoms with E-state index < -0.39 is 0 Å². The van der Waals surface area contributed by atoms with Crippen LogP contribution >= 0.6 is 27.3 Å². The van der Waals surface area contributed by atoms with Gasteiger partial charge in [0.2, 0.25) is 0 Å². The molecule has 1 fully saturated rings. The lowest BCUT2D eigenvalue weighted by molar-refractivity contribution is 0.794. The molecule has 0 spiro atoms. The molecule has 1 saturated carbocycles. The predicted octanol–water partition coefficient (Wildman–Crippen LogP) is 3.73. The van der Waals surface area contributed by atoms with Gasteiger partial charge in [-0.15, -0.1) is 11.3 Å². The van der Waals surface area contributed by atoms with Crippen molar-refractivity contribution in [2.45, 2.75) is 24.9 Å². The second-order valence-corrected chi connectivity index (χ2v) is 7.10. The largest absolute Gasteiger partial charge is 0.353 e. The van der Waals surface area contributed by atoms with Gasteiger partial charge in [0.25, 0.3) is 0 Å². The molecule has 0 aliphatic heterocycles. The summed E-state index contributed by atoms with van der Waals surface area (Å²) in [4.78, 5) is 5.62. The van der Waals surface area contributed by atoms with E-state index in [1.54, 1.807) is 11.3 Å². The van der Waals surface area contributed by atoms with Crippen molar-refractivity contribution in [2.24, 2.45) is 4.99 Å². The third kappa shape index (κ3) is 3.86. The van der Waals surface area contributed by atoms with Gasteiger partial charge in [-0.3, -0.25) is 4.99 Å². The van der Waals surface area contributed by atoms with Gasteiger partial charge in [0.1, 0.15) is 0 Å². The second-order valence-electron chi connectivity index (χ2n) is 5.15. The molecule has 1 aromatic carbocycles. The van der Waals surface area contributed by atoms with Gasteiger partial charge >= 0.3 is 0 Å². The van der Waals surface area contributed by atoms with Crippen LogP contribution in [0, 0.1) is 0 Å². The topological polar surface area (TPSA) is 36.4 Å². The maximum atomic E-state index is 4.30. The number of aliphatic imine (C=N–C) groups is 1. The molecule has 1 aliphatic rings. The molecular formula is C16H18BrN3S. The maximum Gasteiger partial charge on any atom is 0.191 e. The Hall–Kier alpha value is -1.33. The first-order chi connectivity index (χ1) is 10.3. The zero-order valence-corrected chi connectivity index (χ0v) is 14.2. The van der Waals surface area contributed by atoms with Gasteiger partial charge < -0.3 is 10.6 Å². The van der Waals surface area contributed by atoms with Crippen molar-refractivity contribution in [2.75, 3.05) is 7.05 Å². The van der Waals surface area contributed by atoms with Gasteiger partial charge in [-0.1, -0.05) is 34.1 Å². The van der Waals surface area contributed by atoms with E-state index in [1.165, 1.54) is 16.9 Å². The lowest BCUT2D eigenvalue weighted by Crippen LogP contribution is -2.38. The second kappa shape index (κ2) is 6.62. The van der Waals surface area contributed by atoms with Crippen LogP contribution in [0.2, 0.25) is 0 Å². The molecule has 1 aliphatic carbocycles. The molecule has 2 atom stereocenters. The average Bonchev–Trinajstić information content (AvgIpc) is 3.06. The number of halogens is 1. The molecule has 2 unspecified atom stereocenters. The molecule has 2 aromatic rings. The predicted molar refractivity (Wildman–Crippen MR) is 92.9 cm³/mol. The molecule has 1 heterocycles. The highest BCUT2D eigenvalue weighted by molar-refractivity contribution is 9.10. The number of thiophene rings is 1. The molecule has 1 aromatic heterocycles. The minimum absolute atomic E-state index is 0.487. The molecule has 3 nitrogen and oxygen atoms in total. The van der Waals surface area contributed by atoms with Gasteiger partial charge in [0.05, 0.1) is 6.54 Å². The first-order valence-electron chi connectivity index (χ1n) is 7.01. The first-order valence-corrected chi connectivity index (χ1v) is 8.68. The summed E-state index contributed by atoms with van der Waals surface area (Å²) in [5, 5.41) is 8.96. The highest BCUT2D eigenvalue weighted by atomic mass is 79.9. The van der Waals surface area contributed by atoms with Crippen LogP contribution in [-0.4, -0.2) is 19.0 Å². The summed E-state index contributed by atoms with van der Waals surface area (Å²) in [6.45, 7) is 0.826. The van der Waals surface area contributed by atoms with Crippen molar-refractivity contribution in [3.05, 3.63) is 56.7 Å². The highest BCUT2D eigenvalue weighted by Gasteiger charge is 2.38. The monoisotopic (exact) mass is 363 g/mol. The maximum absolute atomic E-state index is 4.30. The molecule has 0 radical (unpaired) electrons. The van der Waals surface area contributed by atoms with E-state index in [9.17, 15) is 0 Å². The van der Waals surface area contributed by atoms with Crippen LogP contribution in [-0.2, 0) is 6.54 Å².